The van der Waals surface area contributed by atoms with Crippen molar-refractivity contribution in [3.63, 3.8) is 0 Å². The van der Waals surface area contributed by atoms with Gasteiger partial charge in [0.05, 0.1) is 13.2 Å². The molecular weight excluding hydrogens is 230 g/mol. The van der Waals surface area contributed by atoms with Crippen molar-refractivity contribution in [2.75, 3.05) is 25.1 Å². The number of rotatable bonds is 5. The summed E-state index contributed by atoms with van der Waals surface area (Å²) in [7, 11) is 0. The van der Waals surface area contributed by atoms with E-state index in [1.54, 1.807) is 12.1 Å². The zero-order chi connectivity index (χ0) is 12.0. The van der Waals surface area contributed by atoms with E-state index in [0.29, 0.717) is 10.7 Å². The summed E-state index contributed by atoms with van der Waals surface area (Å²) in [6.07, 6.45) is 0. The van der Waals surface area contributed by atoms with Gasteiger partial charge in [0.1, 0.15) is 6.61 Å². The standard InChI is InChI=1S/C11H14ClNO3/c1-8-2-3-9(12)6-10(8)13-11(15)7-16-5-4-14/h2-3,6,14H,4-5,7H2,1H3,(H,13,15). The van der Waals surface area contributed by atoms with Crippen molar-refractivity contribution in [1.29, 1.82) is 0 Å². The molecule has 0 saturated carbocycles. The van der Waals surface area contributed by atoms with Gasteiger partial charge in [-0.2, -0.15) is 0 Å². The van der Waals surface area contributed by atoms with Gasteiger partial charge in [0.25, 0.3) is 0 Å². The van der Waals surface area contributed by atoms with E-state index in [4.69, 9.17) is 21.4 Å². The van der Waals surface area contributed by atoms with Gasteiger partial charge in [0.2, 0.25) is 5.91 Å². The lowest BCUT2D eigenvalue weighted by atomic mass is 10.2. The average Bonchev–Trinajstić information content (AvgIpc) is 2.24. The largest absolute Gasteiger partial charge is 0.394 e. The van der Waals surface area contributed by atoms with Crippen molar-refractivity contribution in [3.8, 4) is 0 Å². The van der Waals surface area contributed by atoms with Crippen LogP contribution in [0.2, 0.25) is 5.02 Å². The molecule has 0 aliphatic heterocycles. The normalized spacial score (nSPS) is 10.2. The van der Waals surface area contributed by atoms with E-state index >= 15 is 0 Å². The molecule has 0 aromatic heterocycles. The summed E-state index contributed by atoms with van der Waals surface area (Å²) in [4.78, 5) is 11.4. The Morgan fingerprint density at radius 1 is 1.56 bits per heavy atom. The zero-order valence-corrected chi connectivity index (χ0v) is 9.75. The van der Waals surface area contributed by atoms with Gasteiger partial charge >= 0.3 is 0 Å². The van der Waals surface area contributed by atoms with Crippen LogP contribution in [0.3, 0.4) is 0 Å². The SMILES string of the molecule is Cc1ccc(Cl)cc1NC(=O)COCCO. The third kappa shape index (κ3) is 4.18. The average molecular weight is 244 g/mol. The van der Waals surface area contributed by atoms with E-state index in [1.165, 1.54) is 0 Å². The molecular formula is C11H14ClNO3. The first kappa shape index (κ1) is 13.0. The maximum Gasteiger partial charge on any atom is 0.250 e. The van der Waals surface area contributed by atoms with Gasteiger partial charge in [0.15, 0.2) is 0 Å². The Morgan fingerprint density at radius 2 is 2.31 bits per heavy atom. The molecule has 0 aliphatic carbocycles. The molecule has 0 heterocycles. The van der Waals surface area contributed by atoms with Crippen LogP contribution in [0.4, 0.5) is 5.69 Å². The third-order valence-electron chi connectivity index (χ3n) is 1.94. The van der Waals surface area contributed by atoms with Gasteiger partial charge in [-0.1, -0.05) is 17.7 Å². The van der Waals surface area contributed by atoms with Crippen molar-refractivity contribution in [1.82, 2.24) is 0 Å². The molecule has 0 saturated heterocycles. The fourth-order valence-corrected chi connectivity index (χ4v) is 1.32. The summed E-state index contributed by atoms with van der Waals surface area (Å²) in [5, 5.41) is 11.7. The lowest BCUT2D eigenvalue weighted by molar-refractivity contribution is -0.120. The molecule has 16 heavy (non-hydrogen) atoms. The van der Waals surface area contributed by atoms with Crippen LogP contribution < -0.4 is 5.32 Å². The summed E-state index contributed by atoms with van der Waals surface area (Å²) in [6.45, 7) is 1.86. The highest BCUT2D eigenvalue weighted by molar-refractivity contribution is 6.31. The molecule has 0 fully saturated rings. The second-order valence-corrected chi connectivity index (χ2v) is 3.72. The van der Waals surface area contributed by atoms with E-state index < -0.39 is 0 Å². The van der Waals surface area contributed by atoms with Crippen molar-refractivity contribution in [2.45, 2.75) is 6.92 Å². The first-order valence-corrected chi connectivity index (χ1v) is 5.26. The minimum atomic E-state index is -0.265. The molecule has 1 aromatic carbocycles. The summed E-state index contributed by atoms with van der Waals surface area (Å²) in [5.41, 5.74) is 1.60. The Bertz CT molecular complexity index is 368. The highest BCUT2D eigenvalue weighted by Gasteiger charge is 2.05. The summed E-state index contributed by atoms with van der Waals surface area (Å²) < 4.78 is 4.89. The van der Waals surface area contributed by atoms with Gasteiger partial charge in [0, 0.05) is 10.7 Å². The molecule has 88 valence electrons. The molecule has 1 amide bonds. The van der Waals surface area contributed by atoms with Gasteiger partial charge in [-0.3, -0.25) is 4.79 Å². The highest BCUT2D eigenvalue weighted by atomic mass is 35.5. The molecule has 0 radical (unpaired) electrons. The van der Waals surface area contributed by atoms with Crippen molar-refractivity contribution >= 4 is 23.2 Å². The molecule has 5 heteroatoms. The maximum absolute atomic E-state index is 11.4. The number of aliphatic hydroxyl groups excluding tert-OH is 1. The van der Waals surface area contributed by atoms with Gasteiger partial charge in [-0.25, -0.2) is 0 Å². The quantitative estimate of drug-likeness (QED) is 0.773. The van der Waals surface area contributed by atoms with Crippen LogP contribution in [0.25, 0.3) is 0 Å². The Hall–Kier alpha value is -1.10. The molecule has 0 atom stereocenters. The van der Waals surface area contributed by atoms with E-state index in [0.717, 1.165) is 5.56 Å². The number of carbonyl (C=O) groups is 1. The summed E-state index contributed by atoms with van der Waals surface area (Å²) in [5.74, 6) is -0.265. The first-order chi connectivity index (χ1) is 7.63. The Morgan fingerprint density at radius 3 is 3.00 bits per heavy atom. The van der Waals surface area contributed by atoms with Gasteiger partial charge in [-0.15, -0.1) is 0 Å². The number of carbonyl (C=O) groups excluding carboxylic acids is 1. The maximum atomic E-state index is 11.4. The predicted molar refractivity (Wildman–Crippen MR) is 62.7 cm³/mol. The second kappa shape index (κ2) is 6.48. The molecule has 0 unspecified atom stereocenters. The molecule has 0 spiro atoms. The minimum absolute atomic E-state index is 0.0769. The van der Waals surface area contributed by atoms with Gasteiger partial charge in [-0.05, 0) is 24.6 Å². The van der Waals surface area contributed by atoms with Crippen LogP contribution in [0.5, 0.6) is 0 Å². The van der Waals surface area contributed by atoms with E-state index in [-0.39, 0.29) is 25.7 Å². The molecule has 0 aliphatic rings. The Balaban J connectivity index is 2.52. The number of aryl methyl sites for hydroxylation is 1. The van der Waals surface area contributed by atoms with Crippen LogP contribution in [0, 0.1) is 6.92 Å². The van der Waals surface area contributed by atoms with Crippen LogP contribution in [-0.4, -0.2) is 30.8 Å². The lowest BCUT2D eigenvalue weighted by Crippen LogP contribution is -2.19. The number of ether oxygens (including phenoxy) is 1. The van der Waals surface area contributed by atoms with Crippen LogP contribution in [0.15, 0.2) is 18.2 Å². The molecule has 4 nitrogen and oxygen atoms in total. The van der Waals surface area contributed by atoms with Crippen LogP contribution in [-0.2, 0) is 9.53 Å². The first-order valence-electron chi connectivity index (χ1n) is 4.88. The van der Waals surface area contributed by atoms with Crippen molar-refractivity contribution in [3.05, 3.63) is 28.8 Å². The van der Waals surface area contributed by atoms with E-state index in [9.17, 15) is 4.79 Å². The van der Waals surface area contributed by atoms with E-state index in [1.807, 2.05) is 13.0 Å². The van der Waals surface area contributed by atoms with E-state index in [2.05, 4.69) is 5.32 Å². The minimum Gasteiger partial charge on any atom is -0.394 e. The fourth-order valence-electron chi connectivity index (χ4n) is 1.14. The smallest absolute Gasteiger partial charge is 0.250 e. The second-order valence-electron chi connectivity index (χ2n) is 3.28. The van der Waals surface area contributed by atoms with Crippen molar-refractivity contribution < 1.29 is 14.6 Å². The van der Waals surface area contributed by atoms with Gasteiger partial charge < -0.3 is 15.2 Å². The van der Waals surface area contributed by atoms with Crippen molar-refractivity contribution in [2.24, 2.45) is 0 Å². The number of aliphatic hydroxyl groups is 1. The molecule has 1 aromatic rings. The Labute approximate surface area is 99.2 Å². The number of hydrogen-bond acceptors (Lipinski definition) is 3. The lowest BCUT2D eigenvalue weighted by Gasteiger charge is -2.08. The molecule has 0 bridgehead atoms. The monoisotopic (exact) mass is 243 g/mol. The molecule has 2 N–H and O–H groups in total. The topological polar surface area (TPSA) is 58.6 Å². The number of amides is 1. The number of benzene rings is 1. The fraction of sp³-hybridized carbons (Fsp3) is 0.364. The van der Waals surface area contributed by atoms with Crippen LogP contribution >= 0.6 is 11.6 Å². The summed E-state index contributed by atoms with van der Waals surface area (Å²) >= 11 is 5.81. The number of hydrogen-bond donors (Lipinski definition) is 2. The molecule has 1 rings (SSSR count). The van der Waals surface area contributed by atoms with Crippen LogP contribution in [0.1, 0.15) is 5.56 Å². The third-order valence-corrected chi connectivity index (χ3v) is 2.18. The highest BCUT2D eigenvalue weighted by Crippen LogP contribution is 2.19. The Kier molecular flexibility index (Phi) is 5.25. The predicted octanol–water partition coefficient (Wildman–Crippen LogP) is 1.60. The summed E-state index contributed by atoms with van der Waals surface area (Å²) in [6, 6.07) is 5.27. The number of nitrogens with one attached hydrogen (secondary N) is 1. The number of halogens is 1. The zero-order valence-electron chi connectivity index (χ0n) is 9.00. The number of anilines is 1.